The molecule has 3 aromatic rings. The van der Waals surface area contributed by atoms with Gasteiger partial charge in [-0.15, -0.1) is 0 Å². The third-order valence-corrected chi connectivity index (χ3v) is 6.24. The fourth-order valence-corrected chi connectivity index (χ4v) is 4.32. The Bertz CT molecular complexity index is 1130. The largest absolute Gasteiger partial charge is 0.497 e. The summed E-state index contributed by atoms with van der Waals surface area (Å²) in [5, 5.41) is 9.67. The minimum Gasteiger partial charge on any atom is -0.497 e. The van der Waals surface area contributed by atoms with Crippen molar-refractivity contribution in [3.63, 3.8) is 0 Å². The molecule has 3 heterocycles. The van der Waals surface area contributed by atoms with E-state index in [1.807, 2.05) is 0 Å². The molecule has 1 aliphatic rings. The van der Waals surface area contributed by atoms with E-state index in [9.17, 15) is 18.0 Å². The number of amides is 1. The summed E-state index contributed by atoms with van der Waals surface area (Å²) in [7, 11) is 1.55. The van der Waals surface area contributed by atoms with Gasteiger partial charge < -0.3 is 19.8 Å². The van der Waals surface area contributed by atoms with Crippen molar-refractivity contribution in [3.8, 4) is 5.75 Å². The van der Waals surface area contributed by atoms with Crippen molar-refractivity contribution in [2.24, 2.45) is 0 Å². The summed E-state index contributed by atoms with van der Waals surface area (Å²) in [6, 6.07) is 7.58. The number of anilines is 1. The summed E-state index contributed by atoms with van der Waals surface area (Å²) in [6.07, 6.45) is -4.90. The van der Waals surface area contributed by atoms with Gasteiger partial charge in [-0.2, -0.15) is 18.3 Å². The number of rotatable bonds is 5. The van der Waals surface area contributed by atoms with Crippen LogP contribution in [0.3, 0.4) is 0 Å². The first-order valence-electron chi connectivity index (χ1n) is 9.45. The van der Waals surface area contributed by atoms with Gasteiger partial charge in [-0.1, -0.05) is 12.1 Å². The van der Waals surface area contributed by atoms with Gasteiger partial charge in [-0.25, -0.2) is 4.68 Å². The number of aromatic nitrogens is 2. The van der Waals surface area contributed by atoms with Gasteiger partial charge >= 0.3 is 6.18 Å². The third-order valence-electron chi connectivity index (χ3n) is 5.06. The molecular formula is C20H17Br2F3N4O3. The van der Waals surface area contributed by atoms with Crippen LogP contribution in [0, 0.1) is 0 Å². The molecule has 2 N–H and O–H groups in total. The van der Waals surface area contributed by atoms with E-state index in [0.29, 0.717) is 16.2 Å². The Balaban J connectivity index is 1.59. The fraction of sp³-hybridized carbons (Fsp3) is 0.300. The molecule has 4 rings (SSSR count). The minimum atomic E-state index is -4.57. The number of ether oxygens (including phenoxy) is 1. The zero-order valence-corrected chi connectivity index (χ0v) is 19.7. The Hall–Kier alpha value is -2.47. The molecule has 0 saturated carbocycles. The molecule has 1 amide bonds. The Kier molecular flexibility index (Phi) is 6.26. The number of nitrogens with zero attached hydrogens (tertiary/aromatic N) is 2. The molecule has 0 unspecified atom stereocenters. The van der Waals surface area contributed by atoms with Gasteiger partial charge in [0.15, 0.2) is 16.4 Å². The second-order valence-electron chi connectivity index (χ2n) is 7.12. The van der Waals surface area contributed by atoms with Crippen LogP contribution < -0.4 is 15.4 Å². The highest BCUT2D eigenvalue weighted by molar-refractivity contribution is 9.10. The molecule has 32 heavy (non-hydrogen) atoms. The van der Waals surface area contributed by atoms with Gasteiger partial charge in [0.05, 0.1) is 17.6 Å². The van der Waals surface area contributed by atoms with Crippen LogP contribution in [-0.4, -0.2) is 29.0 Å². The molecule has 0 fully saturated rings. The minimum absolute atomic E-state index is 0.0608. The smallest absolute Gasteiger partial charge is 0.410 e. The van der Waals surface area contributed by atoms with Crippen molar-refractivity contribution in [2.75, 3.05) is 12.4 Å². The molecule has 0 radical (unpaired) electrons. The van der Waals surface area contributed by atoms with Gasteiger partial charge in [-0.3, -0.25) is 4.79 Å². The van der Waals surface area contributed by atoms with E-state index in [1.165, 1.54) is 0 Å². The Labute approximate surface area is 197 Å². The summed E-state index contributed by atoms with van der Waals surface area (Å²) in [5.41, 5.74) is 0.658. The number of halogens is 5. The second kappa shape index (κ2) is 8.81. The van der Waals surface area contributed by atoms with E-state index < -0.39 is 24.2 Å². The lowest BCUT2D eigenvalue weighted by Gasteiger charge is -2.32. The number of hydrogen-bond acceptors (Lipinski definition) is 5. The molecule has 0 aliphatic carbocycles. The molecule has 7 nitrogen and oxygen atoms in total. The molecule has 1 aliphatic heterocycles. The zero-order chi connectivity index (χ0) is 23.0. The topological polar surface area (TPSA) is 81.3 Å². The van der Waals surface area contributed by atoms with Crippen LogP contribution in [0.2, 0.25) is 0 Å². The molecule has 2 atom stereocenters. The molecule has 1 aromatic carbocycles. The lowest BCUT2D eigenvalue weighted by atomic mass is 10.0. The average molecular weight is 578 g/mol. The maximum atomic E-state index is 13.8. The summed E-state index contributed by atoms with van der Waals surface area (Å²) in [4.78, 5) is 12.7. The van der Waals surface area contributed by atoms with E-state index in [0.717, 1.165) is 10.2 Å². The van der Waals surface area contributed by atoms with E-state index >= 15 is 0 Å². The van der Waals surface area contributed by atoms with Gasteiger partial charge in [-0.05, 0) is 61.7 Å². The van der Waals surface area contributed by atoms with E-state index in [-0.39, 0.29) is 29.0 Å². The van der Waals surface area contributed by atoms with Crippen LogP contribution in [0.25, 0.3) is 0 Å². The highest BCUT2D eigenvalue weighted by Gasteiger charge is 2.48. The number of carbonyl (C=O) groups is 1. The predicted molar refractivity (Wildman–Crippen MR) is 117 cm³/mol. The average Bonchev–Trinajstić information content (AvgIpc) is 3.34. The van der Waals surface area contributed by atoms with Gasteiger partial charge in [0.25, 0.3) is 5.91 Å². The highest BCUT2D eigenvalue weighted by Crippen LogP contribution is 2.46. The van der Waals surface area contributed by atoms with Crippen LogP contribution in [0.5, 0.6) is 5.75 Å². The maximum absolute atomic E-state index is 13.8. The quantitative estimate of drug-likeness (QED) is 0.412. The molecule has 2 aromatic heterocycles. The van der Waals surface area contributed by atoms with Crippen molar-refractivity contribution in [3.05, 3.63) is 62.6 Å². The summed E-state index contributed by atoms with van der Waals surface area (Å²) < 4.78 is 53.4. The van der Waals surface area contributed by atoms with Crippen molar-refractivity contribution in [1.82, 2.24) is 15.1 Å². The van der Waals surface area contributed by atoms with Gasteiger partial charge in [0.2, 0.25) is 0 Å². The Morgan fingerprint density at radius 3 is 2.59 bits per heavy atom. The molecule has 0 saturated heterocycles. The standard InChI is InChI=1S/C20H17Br2F3N4O3/c1-31-11-4-2-10(3-5-11)9-26-19(30)17-16(22)18-27-12(13-6-7-15(21)32-13)8-14(20(23,24)25)29(18)28-17/h2-7,12,14,27H,8-9H2,1H3,(H,26,30)/t12-,14-/m0/s1. The Morgan fingerprint density at radius 1 is 1.28 bits per heavy atom. The first-order chi connectivity index (χ1) is 15.2. The number of hydrogen-bond donors (Lipinski definition) is 2. The second-order valence-corrected chi connectivity index (χ2v) is 8.69. The monoisotopic (exact) mass is 576 g/mol. The lowest BCUT2D eigenvalue weighted by Crippen LogP contribution is -2.35. The first-order valence-corrected chi connectivity index (χ1v) is 11.0. The lowest BCUT2D eigenvalue weighted by molar-refractivity contribution is -0.174. The molecule has 12 heteroatoms. The summed E-state index contributed by atoms with van der Waals surface area (Å²) in [6.45, 7) is 0.177. The first kappa shape index (κ1) is 22.7. The Morgan fingerprint density at radius 2 is 2.00 bits per heavy atom. The number of furan rings is 1. The molecule has 0 bridgehead atoms. The van der Waals surface area contributed by atoms with Crippen molar-refractivity contribution >= 4 is 43.6 Å². The molecule has 170 valence electrons. The number of alkyl halides is 3. The van der Waals surface area contributed by atoms with Gasteiger partial charge in [0.1, 0.15) is 17.3 Å². The van der Waals surface area contributed by atoms with Crippen LogP contribution in [0.4, 0.5) is 19.0 Å². The fourth-order valence-electron chi connectivity index (χ4n) is 3.45. The predicted octanol–water partition coefficient (Wildman–Crippen LogP) is 5.60. The summed E-state index contributed by atoms with van der Waals surface area (Å²) >= 11 is 6.42. The van der Waals surface area contributed by atoms with Crippen molar-refractivity contribution in [2.45, 2.75) is 31.2 Å². The molecular weight excluding hydrogens is 561 g/mol. The van der Waals surface area contributed by atoms with Crippen molar-refractivity contribution in [1.29, 1.82) is 0 Å². The van der Waals surface area contributed by atoms with E-state index in [4.69, 9.17) is 9.15 Å². The zero-order valence-electron chi connectivity index (χ0n) is 16.5. The van der Waals surface area contributed by atoms with E-state index in [2.05, 4.69) is 47.6 Å². The van der Waals surface area contributed by atoms with Crippen LogP contribution in [0.15, 0.2) is 50.0 Å². The van der Waals surface area contributed by atoms with Crippen molar-refractivity contribution < 1.29 is 27.1 Å². The van der Waals surface area contributed by atoms with Crippen LogP contribution in [0.1, 0.15) is 40.3 Å². The van der Waals surface area contributed by atoms with Crippen LogP contribution in [-0.2, 0) is 6.54 Å². The summed E-state index contributed by atoms with van der Waals surface area (Å²) in [5.74, 6) is 0.475. The number of benzene rings is 1. The maximum Gasteiger partial charge on any atom is 0.410 e. The van der Waals surface area contributed by atoms with E-state index in [1.54, 1.807) is 43.5 Å². The number of nitrogens with one attached hydrogen (secondary N) is 2. The molecule has 0 spiro atoms. The van der Waals surface area contributed by atoms with Gasteiger partial charge in [0, 0.05) is 13.0 Å². The number of carbonyl (C=O) groups excluding carboxylic acids is 1. The van der Waals surface area contributed by atoms with Crippen LogP contribution >= 0.6 is 31.9 Å². The number of methoxy groups -OCH3 is 1. The normalized spacial score (nSPS) is 18.1. The highest BCUT2D eigenvalue weighted by atomic mass is 79.9. The third kappa shape index (κ3) is 4.51. The number of fused-ring (bicyclic) bond motifs is 1. The SMILES string of the molecule is COc1ccc(CNC(=O)c2nn3c(c2Br)N[C@H](c2ccc(Br)o2)C[C@H]3C(F)(F)F)cc1.